The Hall–Kier alpha value is -1.92. The average molecular weight is 513 g/mol. The highest BCUT2D eigenvalue weighted by atomic mass is 35.5. The van der Waals surface area contributed by atoms with E-state index in [1.807, 2.05) is 0 Å². The Labute approximate surface area is 193 Å². The molecular weight excluding hydrogens is 494 g/mol. The summed E-state index contributed by atoms with van der Waals surface area (Å²) in [4.78, 5) is 14.7. The Morgan fingerprint density at radius 3 is 2.38 bits per heavy atom. The zero-order valence-corrected chi connectivity index (χ0v) is 18.6. The van der Waals surface area contributed by atoms with E-state index in [9.17, 15) is 27.3 Å². The number of alkyl halides is 3. The van der Waals surface area contributed by atoms with E-state index in [2.05, 4.69) is 4.98 Å². The first-order valence-corrected chi connectivity index (χ1v) is 11.0. The lowest BCUT2D eigenvalue weighted by Gasteiger charge is -2.32. The summed E-state index contributed by atoms with van der Waals surface area (Å²) >= 11 is 11.9. The van der Waals surface area contributed by atoms with Gasteiger partial charge in [0.25, 0.3) is 0 Å². The molecule has 0 fully saturated rings. The number of carboxylic acid groups (broad SMARTS) is 1. The molecule has 0 spiro atoms. The smallest absolute Gasteiger partial charge is 0.422 e. The number of benzene rings is 1. The van der Waals surface area contributed by atoms with Gasteiger partial charge >= 0.3 is 12.1 Å². The van der Waals surface area contributed by atoms with Crippen molar-refractivity contribution in [1.82, 2.24) is 4.98 Å². The average Bonchev–Trinajstić information content (AvgIpc) is 2.69. The van der Waals surface area contributed by atoms with Crippen molar-refractivity contribution in [3.63, 3.8) is 0 Å². The standard InChI is InChI=1S/C19H19Cl2F3N3O4S/c20-11-2-3-13(14(21)7-11)10-1-4-16(27-9-10)18(30,19(22,23)24)6-5-12(32(26)31)8-15(25)17(28)29/h1-4,7,9,12,15,26,30H,5-6,8,25H2,(H,28,29)/q-1/t12-,15-,18?/m0/s1. The molecule has 1 aromatic heterocycles. The Kier molecular flexibility index (Phi) is 8.51. The molecule has 7 nitrogen and oxygen atoms in total. The van der Waals surface area contributed by atoms with Gasteiger partial charge < -0.3 is 24.9 Å². The first kappa shape index (κ1) is 26.3. The molecule has 0 aliphatic carbocycles. The highest BCUT2D eigenvalue weighted by Gasteiger charge is 2.55. The SMILES string of the molecule is N=[S-](=O)[C@@H](CCC(O)(c1ccc(-c2ccc(Cl)cc2Cl)cn1)C(F)(F)F)C[C@H](N)C(=O)O. The molecule has 0 saturated carbocycles. The lowest BCUT2D eigenvalue weighted by molar-refractivity contribution is -0.271. The van der Waals surface area contributed by atoms with Gasteiger partial charge in [0.05, 0.1) is 5.69 Å². The Balaban J connectivity index is 2.33. The van der Waals surface area contributed by atoms with Crippen LogP contribution in [0.25, 0.3) is 11.1 Å². The van der Waals surface area contributed by atoms with Crippen molar-refractivity contribution < 1.29 is 32.4 Å². The fourth-order valence-corrected chi connectivity index (χ4v) is 4.23. The number of aromatic nitrogens is 1. The summed E-state index contributed by atoms with van der Waals surface area (Å²) in [6, 6.07) is 5.36. The predicted molar refractivity (Wildman–Crippen MR) is 114 cm³/mol. The van der Waals surface area contributed by atoms with E-state index in [-0.39, 0.29) is 5.02 Å². The molecule has 0 aliphatic rings. The predicted octanol–water partition coefficient (Wildman–Crippen LogP) is 4.48. The van der Waals surface area contributed by atoms with Gasteiger partial charge in [-0.05, 0) is 31.0 Å². The normalized spacial score (nSPS) is 15.9. The molecule has 176 valence electrons. The highest BCUT2D eigenvalue weighted by molar-refractivity contribution is 7.74. The van der Waals surface area contributed by atoms with E-state index in [1.54, 1.807) is 12.1 Å². The number of rotatable bonds is 9. The fraction of sp³-hybridized carbons (Fsp3) is 0.368. The lowest BCUT2D eigenvalue weighted by atomic mass is 9.90. The molecule has 1 heterocycles. The van der Waals surface area contributed by atoms with Gasteiger partial charge in [-0.25, -0.2) is 0 Å². The van der Waals surface area contributed by atoms with Gasteiger partial charge in [-0.15, -0.1) is 0 Å². The van der Waals surface area contributed by atoms with Gasteiger partial charge in [0.15, 0.2) is 0 Å². The molecule has 1 aromatic carbocycles. The van der Waals surface area contributed by atoms with Gasteiger partial charge in [-0.1, -0.05) is 47.0 Å². The Morgan fingerprint density at radius 2 is 1.91 bits per heavy atom. The third-order valence-electron chi connectivity index (χ3n) is 4.86. The van der Waals surface area contributed by atoms with Crippen molar-refractivity contribution in [3.8, 4) is 11.1 Å². The number of nitrogens with two attached hydrogens (primary N) is 1. The number of carbonyl (C=O) groups is 1. The lowest BCUT2D eigenvalue weighted by Crippen LogP contribution is -2.44. The molecule has 2 rings (SSSR count). The highest BCUT2D eigenvalue weighted by Crippen LogP contribution is 2.43. The van der Waals surface area contributed by atoms with E-state index in [0.29, 0.717) is 16.1 Å². The van der Waals surface area contributed by atoms with Crippen LogP contribution in [-0.2, 0) is 25.2 Å². The van der Waals surface area contributed by atoms with Crippen LogP contribution < -0.4 is 5.73 Å². The van der Waals surface area contributed by atoms with E-state index in [0.717, 1.165) is 12.3 Å². The van der Waals surface area contributed by atoms with E-state index >= 15 is 0 Å². The second-order valence-corrected chi connectivity index (χ2v) is 9.16. The van der Waals surface area contributed by atoms with Crippen LogP contribution in [0.1, 0.15) is 25.0 Å². The molecule has 0 radical (unpaired) electrons. The molecule has 3 atom stereocenters. The summed E-state index contributed by atoms with van der Waals surface area (Å²) in [6.45, 7) is 0. The van der Waals surface area contributed by atoms with Crippen molar-refractivity contribution >= 4 is 39.8 Å². The van der Waals surface area contributed by atoms with Crippen LogP contribution in [0.15, 0.2) is 36.5 Å². The van der Waals surface area contributed by atoms with Gasteiger partial charge in [0.1, 0.15) is 6.04 Å². The molecule has 2 aromatic rings. The van der Waals surface area contributed by atoms with Crippen LogP contribution in [0, 0.1) is 4.78 Å². The number of aliphatic hydroxyl groups is 1. The van der Waals surface area contributed by atoms with E-state index < -0.39 is 64.6 Å². The number of carboxylic acids is 1. The summed E-state index contributed by atoms with van der Waals surface area (Å²) in [7, 11) is -2.41. The summed E-state index contributed by atoms with van der Waals surface area (Å²) < 4.78 is 60.3. The molecule has 0 bridgehead atoms. The summed E-state index contributed by atoms with van der Waals surface area (Å²) in [5.41, 5.74) is 2.08. The molecule has 0 aliphatic heterocycles. The number of hydrogen-bond acceptors (Lipinski definition) is 7. The van der Waals surface area contributed by atoms with E-state index in [4.69, 9.17) is 38.8 Å². The van der Waals surface area contributed by atoms with Crippen molar-refractivity contribution in [2.45, 2.75) is 42.3 Å². The maximum atomic E-state index is 13.8. The van der Waals surface area contributed by atoms with Gasteiger partial charge in [0.2, 0.25) is 5.60 Å². The molecular formula is C19H19Cl2F3N3O4S-. The second kappa shape index (κ2) is 10.3. The maximum Gasteiger partial charge on any atom is 0.422 e. The fourth-order valence-electron chi connectivity index (χ4n) is 3.00. The molecule has 1 unspecified atom stereocenters. The second-order valence-electron chi connectivity index (χ2n) is 7.05. The largest absolute Gasteiger partial charge is 0.480 e. The van der Waals surface area contributed by atoms with Crippen LogP contribution in [0.4, 0.5) is 13.2 Å². The van der Waals surface area contributed by atoms with Gasteiger partial charge in [0, 0.05) is 27.4 Å². The molecule has 32 heavy (non-hydrogen) atoms. The monoisotopic (exact) mass is 512 g/mol. The van der Waals surface area contributed by atoms with Gasteiger partial charge in [-0.2, -0.15) is 23.8 Å². The number of nitrogens with one attached hydrogen (secondary N) is 1. The van der Waals surface area contributed by atoms with Gasteiger partial charge in [-0.3, -0.25) is 9.78 Å². The van der Waals surface area contributed by atoms with Crippen LogP contribution in [0.3, 0.4) is 0 Å². The summed E-state index contributed by atoms with van der Waals surface area (Å²) in [5, 5.41) is 18.7. The maximum absolute atomic E-state index is 13.8. The molecule has 0 amide bonds. The first-order valence-electron chi connectivity index (χ1n) is 9.07. The van der Waals surface area contributed by atoms with Crippen LogP contribution >= 0.6 is 23.2 Å². The third-order valence-corrected chi connectivity index (χ3v) is 6.44. The van der Waals surface area contributed by atoms with Crippen LogP contribution in [0.2, 0.25) is 10.0 Å². The molecule has 0 saturated heterocycles. The van der Waals surface area contributed by atoms with Crippen molar-refractivity contribution in [2.75, 3.05) is 0 Å². The number of pyridine rings is 1. The minimum absolute atomic E-state index is 0.258. The summed E-state index contributed by atoms with van der Waals surface area (Å²) in [5.74, 6) is -1.44. The summed E-state index contributed by atoms with van der Waals surface area (Å²) in [6.07, 6.45) is -6.09. The number of halogens is 5. The minimum atomic E-state index is -5.15. The van der Waals surface area contributed by atoms with E-state index in [1.165, 1.54) is 12.1 Å². The topological polar surface area (TPSA) is 137 Å². The third kappa shape index (κ3) is 6.10. The first-order chi connectivity index (χ1) is 14.8. The van der Waals surface area contributed by atoms with Crippen LogP contribution in [-0.4, -0.2) is 38.6 Å². The zero-order chi connectivity index (χ0) is 24.3. The Bertz CT molecular complexity index is 1040. The number of nitrogens with zero attached hydrogens (tertiary/aromatic N) is 1. The van der Waals surface area contributed by atoms with Crippen molar-refractivity contribution in [2.24, 2.45) is 5.73 Å². The van der Waals surface area contributed by atoms with Crippen molar-refractivity contribution in [3.05, 3.63) is 52.3 Å². The molecule has 13 heteroatoms. The zero-order valence-electron chi connectivity index (χ0n) is 16.3. The minimum Gasteiger partial charge on any atom is -0.480 e. The van der Waals surface area contributed by atoms with Crippen molar-refractivity contribution in [1.29, 1.82) is 4.78 Å². The number of aliphatic carboxylic acids is 1. The molecule has 5 N–H and O–H groups in total. The number of hydrogen-bond donors (Lipinski definition) is 4. The van der Waals surface area contributed by atoms with Crippen LogP contribution in [0.5, 0.6) is 0 Å². The Morgan fingerprint density at radius 1 is 1.25 bits per heavy atom. The quantitative estimate of drug-likeness (QED) is 0.365.